The maximum absolute atomic E-state index is 11.8. The number of rotatable bonds is 2. The lowest BCUT2D eigenvalue weighted by atomic mass is 10.0. The van der Waals surface area contributed by atoms with Crippen LogP contribution in [0.1, 0.15) is 20.8 Å². The van der Waals surface area contributed by atoms with Gasteiger partial charge < -0.3 is 10.6 Å². The molecule has 4 nitrogen and oxygen atoms in total. The molecule has 1 fully saturated rings. The van der Waals surface area contributed by atoms with Gasteiger partial charge in [0.25, 0.3) is 0 Å². The van der Waals surface area contributed by atoms with Gasteiger partial charge in [-0.2, -0.15) is 0 Å². The smallest absolute Gasteiger partial charge is 0.241 e. The monoisotopic (exact) mass is 199 g/mol. The Kier molecular flexibility index (Phi) is 3.50. The molecule has 4 heteroatoms. The maximum Gasteiger partial charge on any atom is 0.241 e. The van der Waals surface area contributed by atoms with Crippen molar-refractivity contribution in [1.82, 2.24) is 9.80 Å². The van der Waals surface area contributed by atoms with Crippen LogP contribution in [0, 0.1) is 0 Å². The van der Waals surface area contributed by atoms with Gasteiger partial charge in [0.15, 0.2) is 0 Å². The van der Waals surface area contributed by atoms with Crippen LogP contribution in [0.15, 0.2) is 0 Å². The summed E-state index contributed by atoms with van der Waals surface area (Å²) in [7, 11) is 1.85. The molecule has 1 saturated heterocycles. The summed E-state index contributed by atoms with van der Waals surface area (Å²) in [6.45, 7) is 7.57. The standard InChI is InChI=1S/C10H21N3O/c1-7(2)13-8(3)6-12(4)10(14)9(13)5-11/h7-9H,5-6,11H2,1-4H3. The first-order valence-electron chi connectivity index (χ1n) is 5.21. The lowest BCUT2D eigenvalue weighted by Gasteiger charge is -2.45. The second kappa shape index (κ2) is 4.28. The van der Waals surface area contributed by atoms with Gasteiger partial charge in [-0.1, -0.05) is 0 Å². The molecule has 1 aliphatic rings. The predicted molar refractivity (Wildman–Crippen MR) is 56.9 cm³/mol. The minimum Gasteiger partial charge on any atom is -0.343 e. The third kappa shape index (κ3) is 1.91. The van der Waals surface area contributed by atoms with E-state index in [1.807, 2.05) is 7.05 Å². The summed E-state index contributed by atoms with van der Waals surface area (Å²) >= 11 is 0. The normalized spacial score (nSPS) is 30.1. The van der Waals surface area contributed by atoms with Gasteiger partial charge in [0.05, 0.1) is 0 Å². The van der Waals surface area contributed by atoms with Gasteiger partial charge in [-0.3, -0.25) is 9.69 Å². The van der Waals surface area contributed by atoms with E-state index in [1.54, 1.807) is 4.90 Å². The summed E-state index contributed by atoms with van der Waals surface area (Å²) < 4.78 is 0. The molecule has 82 valence electrons. The minimum atomic E-state index is -0.135. The van der Waals surface area contributed by atoms with Crippen LogP contribution in [0.2, 0.25) is 0 Å². The van der Waals surface area contributed by atoms with Crippen molar-refractivity contribution < 1.29 is 4.79 Å². The van der Waals surface area contributed by atoms with Crippen molar-refractivity contribution in [3.63, 3.8) is 0 Å². The van der Waals surface area contributed by atoms with Crippen molar-refractivity contribution in [3.05, 3.63) is 0 Å². The molecule has 0 spiro atoms. The van der Waals surface area contributed by atoms with Crippen LogP contribution < -0.4 is 5.73 Å². The Labute approximate surface area is 86.0 Å². The zero-order valence-corrected chi connectivity index (χ0v) is 9.53. The number of hydrogen-bond donors (Lipinski definition) is 1. The molecule has 0 aromatic carbocycles. The number of hydrogen-bond acceptors (Lipinski definition) is 3. The molecule has 1 amide bonds. The summed E-state index contributed by atoms with van der Waals surface area (Å²) in [6, 6.07) is 0.631. The highest BCUT2D eigenvalue weighted by molar-refractivity contribution is 5.82. The Morgan fingerprint density at radius 1 is 1.57 bits per heavy atom. The molecule has 0 saturated carbocycles. The van der Waals surface area contributed by atoms with E-state index < -0.39 is 0 Å². The third-order valence-electron chi connectivity index (χ3n) is 2.89. The topological polar surface area (TPSA) is 49.6 Å². The van der Waals surface area contributed by atoms with E-state index in [4.69, 9.17) is 5.73 Å². The van der Waals surface area contributed by atoms with Gasteiger partial charge in [0.1, 0.15) is 6.04 Å². The molecule has 2 atom stereocenters. The zero-order chi connectivity index (χ0) is 10.9. The number of likely N-dealkylation sites (N-methyl/N-ethyl adjacent to an activating group) is 1. The third-order valence-corrected chi connectivity index (χ3v) is 2.89. The Bertz CT molecular complexity index is 217. The number of nitrogens with two attached hydrogens (primary N) is 1. The second-order valence-corrected chi connectivity index (χ2v) is 4.36. The number of carbonyl (C=O) groups excluding carboxylic acids is 1. The highest BCUT2D eigenvalue weighted by Crippen LogP contribution is 2.18. The fourth-order valence-corrected chi connectivity index (χ4v) is 2.36. The number of carbonyl (C=O) groups is 1. The van der Waals surface area contributed by atoms with E-state index in [-0.39, 0.29) is 11.9 Å². The van der Waals surface area contributed by atoms with E-state index in [1.165, 1.54) is 0 Å². The largest absolute Gasteiger partial charge is 0.343 e. The molecule has 0 aromatic rings. The molecular weight excluding hydrogens is 178 g/mol. The summed E-state index contributed by atoms with van der Waals surface area (Å²) in [5, 5.41) is 0. The van der Waals surface area contributed by atoms with Crippen LogP contribution in [0.5, 0.6) is 0 Å². The maximum atomic E-state index is 11.8. The summed E-state index contributed by atoms with van der Waals surface area (Å²) in [5.41, 5.74) is 5.66. The van der Waals surface area contributed by atoms with Gasteiger partial charge >= 0.3 is 0 Å². The van der Waals surface area contributed by atoms with Crippen LogP contribution in [-0.4, -0.2) is 54.0 Å². The first-order valence-corrected chi connectivity index (χ1v) is 5.21. The molecule has 1 aliphatic heterocycles. The fraction of sp³-hybridized carbons (Fsp3) is 0.900. The van der Waals surface area contributed by atoms with Crippen molar-refractivity contribution >= 4 is 5.91 Å². The van der Waals surface area contributed by atoms with Gasteiger partial charge in [-0.25, -0.2) is 0 Å². The van der Waals surface area contributed by atoms with Crippen LogP contribution >= 0.6 is 0 Å². The predicted octanol–water partition coefficient (Wildman–Crippen LogP) is -0.115. The van der Waals surface area contributed by atoms with E-state index >= 15 is 0 Å². The SMILES string of the molecule is CC(C)N1C(C)CN(C)C(=O)C1CN. The second-order valence-electron chi connectivity index (χ2n) is 4.36. The van der Waals surface area contributed by atoms with Crippen LogP contribution in [0.4, 0.5) is 0 Å². The zero-order valence-electron chi connectivity index (χ0n) is 9.53. The summed E-state index contributed by atoms with van der Waals surface area (Å²) in [4.78, 5) is 15.8. The van der Waals surface area contributed by atoms with Crippen molar-refractivity contribution in [3.8, 4) is 0 Å². The van der Waals surface area contributed by atoms with Gasteiger partial charge in [-0.05, 0) is 20.8 Å². The molecule has 1 rings (SSSR count). The van der Waals surface area contributed by atoms with Gasteiger partial charge in [0.2, 0.25) is 5.91 Å². The molecule has 0 aromatic heterocycles. The molecule has 0 bridgehead atoms. The Morgan fingerprint density at radius 3 is 2.57 bits per heavy atom. The lowest BCUT2D eigenvalue weighted by Crippen LogP contribution is -2.63. The van der Waals surface area contributed by atoms with Crippen LogP contribution in [-0.2, 0) is 4.79 Å². The highest BCUT2D eigenvalue weighted by Gasteiger charge is 2.37. The molecule has 14 heavy (non-hydrogen) atoms. The van der Waals surface area contributed by atoms with Gasteiger partial charge in [-0.15, -0.1) is 0 Å². The molecular formula is C10H21N3O. The van der Waals surface area contributed by atoms with Gasteiger partial charge in [0, 0.05) is 32.2 Å². The fourth-order valence-electron chi connectivity index (χ4n) is 2.36. The number of piperazine rings is 1. The number of nitrogens with zero attached hydrogens (tertiary/aromatic N) is 2. The highest BCUT2D eigenvalue weighted by atomic mass is 16.2. The van der Waals surface area contributed by atoms with Crippen LogP contribution in [0.3, 0.4) is 0 Å². The van der Waals surface area contributed by atoms with Crippen LogP contribution in [0.25, 0.3) is 0 Å². The van der Waals surface area contributed by atoms with Crippen molar-refractivity contribution in [1.29, 1.82) is 0 Å². The Hall–Kier alpha value is -0.610. The molecule has 0 aliphatic carbocycles. The van der Waals surface area contributed by atoms with E-state index in [0.29, 0.717) is 18.6 Å². The van der Waals surface area contributed by atoms with Crippen molar-refractivity contribution in [2.75, 3.05) is 20.1 Å². The quantitative estimate of drug-likeness (QED) is 0.675. The molecule has 1 heterocycles. The molecule has 2 unspecified atom stereocenters. The van der Waals surface area contributed by atoms with Crippen molar-refractivity contribution in [2.45, 2.75) is 38.9 Å². The van der Waals surface area contributed by atoms with E-state index in [9.17, 15) is 4.79 Å². The Morgan fingerprint density at radius 2 is 2.14 bits per heavy atom. The minimum absolute atomic E-state index is 0.135. The summed E-state index contributed by atoms with van der Waals surface area (Å²) in [5.74, 6) is 0.152. The number of amides is 1. The first-order chi connectivity index (χ1) is 6.49. The van der Waals surface area contributed by atoms with E-state index in [2.05, 4.69) is 25.7 Å². The van der Waals surface area contributed by atoms with Crippen molar-refractivity contribution in [2.24, 2.45) is 5.73 Å². The average Bonchev–Trinajstić information content (AvgIpc) is 2.09. The summed E-state index contributed by atoms with van der Waals surface area (Å²) in [6.07, 6.45) is 0. The van der Waals surface area contributed by atoms with E-state index in [0.717, 1.165) is 6.54 Å². The Balaban J connectivity index is 2.85. The first kappa shape index (κ1) is 11.5. The average molecular weight is 199 g/mol. The molecule has 2 N–H and O–H groups in total. The molecule has 0 radical (unpaired) electrons. The lowest BCUT2D eigenvalue weighted by molar-refractivity contribution is -0.143.